The normalized spacial score (nSPS) is 10.7. The number of nitrogens with zero attached hydrogens (tertiary/aromatic N) is 2. The standard InChI is InChI=1S/C20H19Cl2N3O3S2/c1-27-16-6-4-12(8-17(16)28-2)9-19-24-25-20(30-19)23-18(26)11-29-10-13-3-5-14(21)15(22)7-13/h3-8H,9-11H2,1-2H3,(H,23,25,26). The molecule has 1 aromatic heterocycles. The van der Waals surface area contributed by atoms with E-state index in [1.165, 1.54) is 23.1 Å². The van der Waals surface area contributed by atoms with Gasteiger partial charge in [0.15, 0.2) is 11.5 Å². The smallest absolute Gasteiger partial charge is 0.236 e. The summed E-state index contributed by atoms with van der Waals surface area (Å²) in [5.74, 6) is 2.15. The van der Waals surface area contributed by atoms with Crippen LogP contribution in [-0.2, 0) is 17.0 Å². The van der Waals surface area contributed by atoms with Crippen molar-refractivity contribution < 1.29 is 14.3 Å². The monoisotopic (exact) mass is 483 g/mol. The van der Waals surface area contributed by atoms with Gasteiger partial charge in [-0.25, -0.2) is 0 Å². The summed E-state index contributed by atoms with van der Waals surface area (Å²) in [4.78, 5) is 12.2. The Hall–Kier alpha value is -2.00. The lowest BCUT2D eigenvalue weighted by molar-refractivity contribution is -0.113. The van der Waals surface area contributed by atoms with Crippen LogP contribution in [0.4, 0.5) is 5.13 Å². The number of halogens is 2. The zero-order chi connectivity index (χ0) is 21.5. The Kier molecular flexibility index (Phi) is 8.21. The first kappa shape index (κ1) is 22.7. The molecule has 1 amide bonds. The number of carbonyl (C=O) groups excluding carboxylic acids is 1. The fraction of sp³-hybridized carbons (Fsp3) is 0.250. The SMILES string of the molecule is COc1ccc(Cc2nnc(NC(=O)CSCc3ccc(Cl)c(Cl)c3)s2)cc1OC. The van der Waals surface area contributed by atoms with E-state index in [1.54, 1.807) is 26.4 Å². The maximum atomic E-state index is 12.2. The summed E-state index contributed by atoms with van der Waals surface area (Å²) in [6.45, 7) is 0. The molecule has 1 N–H and O–H groups in total. The van der Waals surface area contributed by atoms with Gasteiger partial charge in [0, 0.05) is 12.2 Å². The van der Waals surface area contributed by atoms with Crippen LogP contribution < -0.4 is 14.8 Å². The molecule has 3 rings (SSSR count). The Morgan fingerprint density at radius 3 is 2.53 bits per heavy atom. The largest absolute Gasteiger partial charge is 0.493 e. The minimum atomic E-state index is -0.131. The van der Waals surface area contributed by atoms with Gasteiger partial charge >= 0.3 is 0 Å². The number of ether oxygens (including phenoxy) is 2. The van der Waals surface area contributed by atoms with Crippen molar-refractivity contribution in [2.45, 2.75) is 12.2 Å². The first-order chi connectivity index (χ1) is 14.5. The molecule has 10 heteroatoms. The van der Waals surface area contributed by atoms with E-state index >= 15 is 0 Å². The number of aromatic nitrogens is 2. The summed E-state index contributed by atoms with van der Waals surface area (Å²) in [5, 5.41) is 13.3. The van der Waals surface area contributed by atoms with E-state index in [9.17, 15) is 4.79 Å². The Morgan fingerprint density at radius 1 is 1.03 bits per heavy atom. The van der Waals surface area contributed by atoms with Gasteiger partial charge < -0.3 is 9.47 Å². The predicted molar refractivity (Wildman–Crippen MR) is 124 cm³/mol. The van der Waals surface area contributed by atoms with Gasteiger partial charge in [-0.15, -0.1) is 22.0 Å². The Balaban J connectivity index is 1.50. The maximum Gasteiger partial charge on any atom is 0.236 e. The highest BCUT2D eigenvalue weighted by Crippen LogP contribution is 2.29. The van der Waals surface area contributed by atoms with Crippen molar-refractivity contribution in [2.24, 2.45) is 0 Å². The number of methoxy groups -OCH3 is 2. The predicted octanol–water partition coefficient (Wildman–Crippen LogP) is 5.32. The number of amides is 1. The van der Waals surface area contributed by atoms with Crippen molar-refractivity contribution in [3.8, 4) is 11.5 Å². The zero-order valence-electron chi connectivity index (χ0n) is 16.3. The van der Waals surface area contributed by atoms with Crippen LogP contribution in [0.25, 0.3) is 0 Å². The van der Waals surface area contributed by atoms with Gasteiger partial charge in [-0.2, -0.15) is 0 Å². The molecule has 1 heterocycles. The molecule has 0 spiro atoms. The van der Waals surface area contributed by atoms with Crippen LogP contribution >= 0.6 is 46.3 Å². The summed E-state index contributed by atoms with van der Waals surface area (Å²) >= 11 is 14.7. The van der Waals surface area contributed by atoms with Crippen molar-refractivity contribution >= 4 is 57.3 Å². The van der Waals surface area contributed by atoms with Gasteiger partial charge in [-0.05, 0) is 35.4 Å². The van der Waals surface area contributed by atoms with Gasteiger partial charge in [0.05, 0.1) is 30.0 Å². The Labute approximate surface area is 192 Å². The van der Waals surface area contributed by atoms with Crippen molar-refractivity contribution in [1.29, 1.82) is 0 Å². The number of hydrogen-bond donors (Lipinski definition) is 1. The van der Waals surface area contributed by atoms with Gasteiger partial charge in [-0.3, -0.25) is 10.1 Å². The highest BCUT2D eigenvalue weighted by Gasteiger charge is 2.11. The summed E-state index contributed by atoms with van der Waals surface area (Å²) in [5.41, 5.74) is 2.02. The Bertz CT molecular complexity index is 1030. The van der Waals surface area contributed by atoms with Gasteiger partial charge in [0.1, 0.15) is 5.01 Å². The topological polar surface area (TPSA) is 73.3 Å². The minimum absolute atomic E-state index is 0.131. The van der Waals surface area contributed by atoms with Crippen LogP contribution in [0.1, 0.15) is 16.1 Å². The number of anilines is 1. The molecule has 0 aliphatic rings. The third-order valence-corrected chi connectivity index (χ3v) is 6.58. The molecule has 158 valence electrons. The molecule has 0 unspecified atom stereocenters. The number of benzene rings is 2. The second-order valence-corrected chi connectivity index (χ2v) is 9.02. The third kappa shape index (κ3) is 6.25. The van der Waals surface area contributed by atoms with E-state index in [0.717, 1.165) is 16.1 Å². The number of thioether (sulfide) groups is 1. The Morgan fingerprint density at radius 2 is 1.80 bits per heavy atom. The molecule has 2 aromatic carbocycles. The summed E-state index contributed by atoms with van der Waals surface area (Å²) in [6, 6.07) is 11.1. The summed E-state index contributed by atoms with van der Waals surface area (Å²) < 4.78 is 10.6. The lowest BCUT2D eigenvalue weighted by Crippen LogP contribution is -2.13. The van der Waals surface area contributed by atoms with Crippen molar-refractivity contribution in [1.82, 2.24) is 10.2 Å². The van der Waals surface area contributed by atoms with Gasteiger partial charge in [0.2, 0.25) is 11.0 Å². The number of hydrogen-bond acceptors (Lipinski definition) is 7. The van der Waals surface area contributed by atoms with Crippen LogP contribution in [0, 0.1) is 0 Å². The molecule has 30 heavy (non-hydrogen) atoms. The maximum absolute atomic E-state index is 12.2. The number of rotatable bonds is 9. The van der Waals surface area contributed by atoms with E-state index in [-0.39, 0.29) is 5.91 Å². The molecule has 0 atom stereocenters. The van der Waals surface area contributed by atoms with Gasteiger partial charge in [-0.1, -0.05) is 46.7 Å². The lowest BCUT2D eigenvalue weighted by Gasteiger charge is -2.08. The van der Waals surface area contributed by atoms with Crippen LogP contribution in [0.5, 0.6) is 11.5 Å². The van der Waals surface area contributed by atoms with Crippen molar-refractivity contribution in [3.05, 3.63) is 62.6 Å². The molecule has 0 aliphatic carbocycles. The molecule has 3 aromatic rings. The lowest BCUT2D eigenvalue weighted by atomic mass is 10.1. The van der Waals surface area contributed by atoms with E-state index in [4.69, 9.17) is 32.7 Å². The summed E-state index contributed by atoms with van der Waals surface area (Å²) in [7, 11) is 3.19. The first-order valence-electron chi connectivity index (χ1n) is 8.83. The fourth-order valence-corrected chi connectivity index (χ4v) is 4.47. The molecule has 6 nitrogen and oxygen atoms in total. The number of carbonyl (C=O) groups is 1. The first-order valence-corrected chi connectivity index (χ1v) is 11.6. The summed E-state index contributed by atoms with van der Waals surface area (Å²) in [6.07, 6.45) is 0.583. The highest BCUT2D eigenvalue weighted by atomic mass is 35.5. The molecule has 0 fully saturated rings. The second kappa shape index (κ2) is 10.9. The minimum Gasteiger partial charge on any atom is -0.493 e. The van der Waals surface area contributed by atoms with Crippen molar-refractivity contribution in [2.75, 3.05) is 25.3 Å². The molecular weight excluding hydrogens is 465 g/mol. The van der Waals surface area contributed by atoms with Crippen LogP contribution in [0.2, 0.25) is 10.0 Å². The van der Waals surface area contributed by atoms with E-state index in [1.807, 2.05) is 24.3 Å². The molecule has 0 saturated heterocycles. The quantitative estimate of drug-likeness (QED) is 0.443. The molecule has 0 bridgehead atoms. The highest BCUT2D eigenvalue weighted by molar-refractivity contribution is 7.99. The van der Waals surface area contributed by atoms with Crippen LogP contribution in [0.15, 0.2) is 36.4 Å². The molecule has 0 aliphatic heterocycles. The second-order valence-electron chi connectivity index (χ2n) is 6.16. The average molecular weight is 484 g/mol. The zero-order valence-corrected chi connectivity index (χ0v) is 19.4. The average Bonchev–Trinajstić information content (AvgIpc) is 3.17. The van der Waals surface area contributed by atoms with E-state index < -0.39 is 0 Å². The molecular formula is C20H19Cl2N3O3S2. The fourth-order valence-electron chi connectivity index (χ4n) is 2.59. The van der Waals surface area contributed by atoms with Gasteiger partial charge in [0.25, 0.3) is 0 Å². The van der Waals surface area contributed by atoms with Crippen LogP contribution in [0.3, 0.4) is 0 Å². The third-order valence-electron chi connectivity index (χ3n) is 4.00. The van der Waals surface area contributed by atoms with E-state index in [0.29, 0.717) is 44.6 Å². The van der Waals surface area contributed by atoms with Crippen LogP contribution in [-0.4, -0.2) is 36.1 Å². The van der Waals surface area contributed by atoms with Crippen molar-refractivity contribution in [3.63, 3.8) is 0 Å². The molecule has 0 saturated carbocycles. The number of nitrogens with one attached hydrogen (secondary N) is 1. The molecule has 0 radical (unpaired) electrons. The van der Waals surface area contributed by atoms with E-state index in [2.05, 4.69) is 15.5 Å².